The molecule has 2 unspecified atom stereocenters. The van der Waals surface area contributed by atoms with Crippen molar-refractivity contribution in [3.05, 3.63) is 52.9 Å². The average Bonchev–Trinajstić information content (AvgIpc) is 2.79. The molecule has 1 saturated heterocycles. The molecule has 0 spiro atoms. The summed E-state index contributed by atoms with van der Waals surface area (Å²) in [7, 11) is 2.94. The van der Waals surface area contributed by atoms with E-state index in [1.165, 1.54) is 11.1 Å². The molecule has 0 N–H and O–H groups in total. The first-order valence-corrected chi connectivity index (χ1v) is 12.6. The molecule has 6 nitrogen and oxygen atoms in total. The maximum absolute atomic E-state index is 13.1. The molecule has 0 saturated carbocycles. The van der Waals surface area contributed by atoms with Gasteiger partial charge in [-0.15, -0.1) is 0 Å². The number of fused-ring (bicyclic) bond motifs is 1. The van der Waals surface area contributed by atoms with Crippen LogP contribution < -0.4 is 0 Å². The zero-order chi connectivity index (χ0) is 22.0. The van der Waals surface area contributed by atoms with Gasteiger partial charge in [-0.25, -0.2) is 0 Å². The molecule has 2 atom stereocenters. The van der Waals surface area contributed by atoms with Crippen molar-refractivity contribution in [3.8, 4) is 0 Å². The van der Waals surface area contributed by atoms with Crippen LogP contribution >= 0.6 is 0 Å². The Balaban J connectivity index is 1.53. The number of rotatable bonds is 5. The largest absolute Gasteiger partial charge is 0.501 e. The van der Waals surface area contributed by atoms with Gasteiger partial charge in [-0.2, -0.15) is 0 Å². The van der Waals surface area contributed by atoms with E-state index in [2.05, 4.69) is 23.0 Å². The summed E-state index contributed by atoms with van der Waals surface area (Å²) in [5.41, 5.74) is 3.52. The average molecular weight is 444 g/mol. The van der Waals surface area contributed by atoms with Crippen molar-refractivity contribution in [1.82, 2.24) is 14.7 Å². The molecule has 4 rings (SSSR count). The summed E-state index contributed by atoms with van der Waals surface area (Å²) >= 11 is 0. The highest BCUT2D eigenvalue weighted by atomic mass is 32.2. The highest BCUT2D eigenvalue weighted by molar-refractivity contribution is 7.84. The minimum absolute atomic E-state index is 0.110. The van der Waals surface area contributed by atoms with Crippen LogP contribution in [0.5, 0.6) is 0 Å². The number of hydrogen-bond acceptors (Lipinski definition) is 5. The first-order chi connectivity index (χ1) is 15.0. The lowest BCUT2D eigenvalue weighted by Gasteiger charge is -2.43. The number of hydrogen-bond donors (Lipinski definition) is 0. The minimum Gasteiger partial charge on any atom is -0.501 e. The van der Waals surface area contributed by atoms with Gasteiger partial charge in [0.15, 0.2) is 0 Å². The van der Waals surface area contributed by atoms with Crippen molar-refractivity contribution < 1.29 is 13.7 Å². The lowest BCUT2D eigenvalue weighted by atomic mass is 9.83. The molecule has 1 aromatic carbocycles. The van der Waals surface area contributed by atoms with Gasteiger partial charge in [0.05, 0.1) is 19.3 Å². The van der Waals surface area contributed by atoms with E-state index in [4.69, 9.17) is 4.74 Å². The summed E-state index contributed by atoms with van der Waals surface area (Å²) in [4.78, 5) is 20.7. The zero-order valence-corrected chi connectivity index (χ0v) is 19.6. The molecule has 1 fully saturated rings. The molecular weight excluding hydrogens is 410 g/mol. The molecule has 1 amide bonds. The fraction of sp³-hybridized carbons (Fsp3) is 0.542. The van der Waals surface area contributed by atoms with E-state index in [1.54, 1.807) is 13.4 Å². The summed E-state index contributed by atoms with van der Waals surface area (Å²) in [5, 5.41) is 0. The van der Waals surface area contributed by atoms with Gasteiger partial charge < -0.3 is 14.5 Å². The third kappa shape index (κ3) is 4.94. The first-order valence-electron chi connectivity index (χ1n) is 11.1. The summed E-state index contributed by atoms with van der Waals surface area (Å²) in [6, 6.07) is 7.88. The predicted octanol–water partition coefficient (Wildman–Crippen LogP) is 2.39. The second-order valence-electron chi connectivity index (χ2n) is 8.70. The lowest BCUT2D eigenvalue weighted by molar-refractivity contribution is -0.128. The van der Waals surface area contributed by atoms with E-state index in [9.17, 15) is 9.00 Å². The van der Waals surface area contributed by atoms with Gasteiger partial charge in [0, 0.05) is 73.3 Å². The molecule has 0 radical (unpaired) electrons. The Bertz CT molecular complexity index is 901. The molecule has 2 aliphatic heterocycles. The van der Waals surface area contributed by atoms with Crippen molar-refractivity contribution in [2.45, 2.75) is 36.6 Å². The molecule has 0 aromatic heterocycles. The van der Waals surface area contributed by atoms with Crippen LogP contribution in [-0.4, -0.2) is 84.0 Å². The number of benzene rings is 1. The molecule has 1 aromatic rings. The quantitative estimate of drug-likeness (QED) is 0.700. The van der Waals surface area contributed by atoms with Crippen molar-refractivity contribution in [1.29, 1.82) is 0 Å². The monoisotopic (exact) mass is 443 g/mol. The smallest absolute Gasteiger partial charge is 0.230 e. The highest BCUT2D eigenvalue weighted by Gasteiger charge is 2.35. The van der Waals surface area contributed by atoms with E-state index in [1.807, 2.05) is 29.2 Å². The number of allylic oxidation sites excluding steroid dienone is 1. The Labute approximate surface area is 188 Å². The van der Waals surface area contributed by atoms with E-state index >= 15 is 0 Å². The van der Waals surface area contributed by atoms with Crippen LogP contribution in [0.3, 0.4) is 0 Å². The fourth-order valence-corrected chi connectivity index (χ4v) is 5.38. The zero-order valence-electron chi connectivity index (χ0n) is 18.8. The van der Waals surface area contributed by atoms with Crippen LogP contribution in [-0.2, 0) is 26.8 Å². The van der Waals surface area contributed by atoms with Gasteiger partial charge in [-0.05, 0) is 48.7 Å². The molecular formula is C24H33N3O3S. The van der Waals surface area contributed by atoms with Gasteiger partial charge in [0.2, 0.25) is 5.91 Å². The van der Waals surface area contributed by atoms with Crippen LogP contribution in [0.25, 0.3) is 0 Å². The number of amides is 1. The van der Waals surface area contributed by atoms with Gasteiger partial charge in [-0.1, -0.05) is 12.1 Å². The molecule has 2 heterocycles. The first kappa shape index (κ1) is 22.2. The second-order valence-corrected chi connectivity index (χ2v) is 10.1. The van der Waals surface area contributed by atoms with Crippen LogP contribution in [0.2, 0.25) is 0 Å². The molecule has 31 heavy (non-hydrogen) atoms. The number of piperazine rings is 1. The third-order valence-electron chi connectivity index (χ3n) is 6.74. The summed E-state index contributed by atoms with van der Waals surface area (Å²) < 4.78 is 17.3. The van der Waals surface area contributed by atoms with Crippen LogP contribution in [0, 0.1) is 0 Å². The summed E-state index contributed by atoms with van der Waals surface area (Å²) in [6.07, 6.45) is 6.98. The number of carbonyl (C=O) groups excluding carboxylic acids is 1. The number of methoxy groups -OCH3 is 1. The second kappa shape index (κ2) is 9.67. The number of carbonyl (C=O) groups is 1. The van der Waals surface area contributed by atoms with E-state index < -0.39 is 10.8 Å². The van der Waals surface area contributed by atoms with Gasteiger partial charge in [-0.3, -0.25) is 13.9 Å². The molecule has 0 bridgehead atoms. The maximum atomic E-state index is 13.1. The topological polar surface area (TPSA) is 53.1 Å². The van der Waals surface area contributed by atoms with Gasteiger partial charge in [0.25, 0.3) is 0 Å². The van der Waals surface area contributed by atoms with Crippen molar-refractivity contribution in [3.63, 3.8) is 0 Å². The standard InChI is InChI=1S/C24H33N3O3S/c1-25-12-14-26(15-13-25)22-8-9-23(30-2)20-10-11-27(17-21(20)22)24(28)16-18-4-6-19(7-5-18)31(3)29/h4-7,17,22H,8-16H2,1-3H3. The number of likely N-dealkylation sites (N-methyl/N-ethyl adjacent to an activating group) is 1. The molecule has 7 heteroatoms. The van der Waals surface area contributed by atoms with E-state index in [0.717, 1.165) is 61.7 Å². The van der Waals surface area contributed by atoms with E-state index in [0.29, 0.717) is 19.0 Å². The summed E-state index contributed by atoms with van der Waals surface area (Å²) in [6.45, 7) is 4.99. The predicted molar refractivity (Wildman–Crippen MR) is 123 cm³/mol. The van der Waals surface area contributed by atoms with Crippen LogP contribution in [0.4, 0.5) is 0 Å². The third-order valence-corrected chi connectivity index (χ3v) is 7.68. The van der Waals surface area contributed by atoms with Crippen molar-refractivity contribution in [2.24, 2.45) is 0 Å². The van der Waals surface area contributed by atoms with E-state index in [-0.39, 0.29) is 5.91 Å². The Kier molecular flexibility index (Phi) is 6.94. The lowest BCUT2D eigenvalue weighted by Crippen LogP contribution is -2.51. The molecule has 1 aliphatic carbocycles. The Morgan fingerprint density at radius 3 is 2.45 bits per heavy atom. The molecule has 3 aliphatic rings. The van der Waals surface area contributed by atoms with Crippen molar-refractivity contribution in [2.75, 3.05) is 53.1 Å². The molecule has 168 valence electrons. The highest BCUT2D eigenvalue weighted by Crippen LogP contribution is 2.38. The fourth-order valence-electron chi connectivity index (χ4n) is 4.86. The van der Waals surface area contributed by atoms with Gasteiger partial charge >= 0.3 is 0 Å². The minimum atomic E-state index is -1.00. The maximum Gasteiger partial charge on any atom is 0.230 e. The van der Waals surface area contributed by atoms with Gasteiger partial charge in [0.1, 0.15) is 0 Å². The van der Waals surface area contributed by atoms with Crippen LogP contribution in [0.1, 0.15) is 24.8 Å². The Hall–Kier alpha value is -1.96. The number of ether oxygens (including phenoxy) is 1. The van der Waals surface area contributed by atoms with Crippen LogP contribution in [0.15, 0.2) is 52.3 Å². The van der Waals surface area contributed by atoms with Crippen molar-refractivity contribution >= 4 is 16.7 Å². The Morgan fingerprint density at radius 2 is 1.81 bits per heavy atom. The summed E-state index contributed by atoms with van der Waals surface area (Å²) in [5.74, 6) is 1.20. The normalized spacial score (nSPS) is 23.9. The Morgan fingerprint density at radius 1 is 1.10 bits per heavy atom. The number of nitrogens with zero attached hydrogens (tertiary/aromatic N) is 3. The SMILES string of the molecule is COC1=C2CCN(C(=O)Cc3ccc(S(C)=O)cc3)C=C2C(N2CCN(C)CC2)CC1.